The third-order valence-electron chi connectivity index (χ3n) is 2.25. The van der Waals surface area contributed by atoms with E-state index in [2.05, 4.69) is 0 Å². The lowest BCUT2D eigenvalue weighted by molar-refractivity contribution is -0.171. The molecule has 0 N–H and O–H groups in total. The van der Waals surface area contributed by atoms with E-state index in [1.54, 1.807) is 12.2 Å². The SMILES string of the molecule is CC(=O)O[C@@H]1C=CCO[C@H]1Oc1ccccc1. The van der Waals surface area contributed by atoms with Gasteiger partial charge in [-0.15, -0.1) is 0 Å². The highest BCUT2D eigenvalue weighted by molar-refractivity contribution is 5.66. The Hall–Kier alpha value is -1.81. The summed E-state index contributed by atoms with van der Waals surface area (Å²) in [7, 11) is 0. The normalized spacial score (nSPS) is 23.1. The minimum absolute atomic E-state index is 0.355. The summed E-state index contributed by atoms with van der Waals surface area (Å²) in [4.78, 5) is 10.9. The molecule has 1 heterocycles. The first-order valence-corrected chi connectivity index (χ1v) is 5.43. The van der Waals surface area contributed by atoms with Crippen molar-refractivity contribution < 1.29 is 19.0 Å². The van der Waals surface area contributed by atoms with Crippen LogP contribution in [-0.4, -0.2) is 25.0 Å². The summed E-state index contributed by atoms with van der Waals surface area (Å²) >= 11 is 0. The summed E-state index contributed by atoms with van der Waals surface area (Å²) < 4.78 is 16.1. The molecule has 1 aliphatic rings. The molecule has 0 unspecified atom stereocenters. The van der Waals surface area contributed by atoms with Crippen molar-refractivity contribution in [2.24, 2.45) is 0 Å². The third-order valence-corrected chi connectivity index (χ3v) is 2.25. The lowest BCUT2D eigenvalue weighted by Gasteiger charge is -2.27. The Balaban J connectivity index is 2.03. The van der Waals surface area contributed by atoms with Gasteiger partial charge < -0.3 is 14.2 Å². The molecule has 0 fully saturated rings. The number of esters is 1. The molecule has 4 nitrogen and oxygen atoms in total. The van der Waals surface area contributed by atoms with E-state index in [9.17, 15) is 4.79 Å². The Bertz CT molecular complexity index is 399. The van der Waals surface area contributed by atoms with Crippen molar-refractivity contribution in [3.63, 3.8) is 0 Å². The summed E-state index contributed by atoms with van der Waals surface area (Å²) in [6.07, 6.45) is 2.49. The third kappa shape index (κ3) is 3.32. The van der Waals surface area contributed by atoms with E-state index in [0.29, 0.717) is 12.4 Å². The van der Waals surface area contributed by atoms with E-state index in [4.69, 9.17) is 14.2 Å². The second-order valence-electron chi connectivity index (χ2n) is 3.63. The fraction of sp³-hybridized carbons (Fsp3) is 0.308. The van der Waals surface area contributed by atoms with E-state index < -0.39 is 12.4 Å². The van der Waals surface area contributed by atoms with Crippen LogP contribution in [0.15, 0.2) is 42.5 Å². The molecule has 1 aliphatic heterocycles. The Labute approximate surface area is 99.8 Å². The highest BCUT2D eigenvalue weighted by atomic mass is 16.7. The molecule has 0 bridgehead atoms. The first-order chi connectivity index (χ1) is 8.25. The maximum Gasteiger partial charge on any atom is 0.303 e. The second kappa shape index (κ2) is 5.50. The van der Waals surface area contributed by atoms with Gasteiger partial charge in [0.2, 0.25) is 6.29 Å². The van der Waals surface area contributed by atoms with Crippen LogP contribution in [-0.2, 0) is 14.3 Å². The minimum atomic E-state index is -0.591. The molecular formula is C13H14O4. The Morgan fingerprint density at radius 3 is 2.82 bits per heavy atom. The summed E-state index contributed by atoms with van der Waals surface area (Å²) in [5.41, 5.74) is 0. The van der Waals surface area contributed by atoms with Gasteiger partial charge in [-0.05, 0) is 18.2 Å². The van der Waals surface area contributed by atoms with Crippen LogP contribution < -0.4 is 4.74 Å². The van der Waals surface area contributed by atoms with Crippen LogP contribution in [0.4, 0.5) is 0 Å². The van der Waals surface area contributed by atoms with Crippen molar-refractivity contribution in [1.29, 1.82) is 0 Å². The fourth-order valence-corrected chi connectivity index (χ4v) is 1.55. The van der Waals surface area contributed by atoms with E-state index in [-0.39, 0.29) is 5.97 Å². The van der Waals surface area contributed by atoms with Crippen LogP contribution >= 0.6 is 0 Å². The molecule has 0 saturated carbocycles. The highest BCUT2D eigenvalue weighted by Gasteiger charge is 2.26. The van der Waals surface area contributed by atoms with Crippen molar-refractivity contribution in [3.8, 4) is 5.75 Å². The number of ether oxygens (including phenoxy) is 3. The molecule has 0 saturated heterocycles. The molecular weight excluding hydrogens is 220 g/mol. The molecule has 2 atom stereocenters. The van der Waals surface area contributed by atoms with Crippen molar-refractivity contribution in [1.82, 2.24) is 0 Å². The van der Waals surface area contributed by atoms with Gasteiger partial charge in [0.1, 0.15) is 5.75 Å². The van der Waals surface area contributed by atoms with Crippen molar-refractivity contribution in [2.45, 2.75) is 19.3 Å². The number of benzene rings is 1. The first-order valence-electron chi connectivity index (χ1n) is 5.43. The summed E-state index contributed by atoms with van der Waals surface area (Å²) in [6, 6.07) is 9.29. The van der Waals surface area contributed by atoms with Gasteiger partial charge in [0.15, 0.2) is 6.10 Å². The standard InChI is InChI=1S/C13H14O4/c1-10(14)16-12-8-5-9-15-13(12)17-11-6-3-2-4-7-11/h2-8,12-13H,9H2,1H3/t12-,13+/m1/s1. The Kier molecular flexibility index (Phi) is 3.77. The van der Waals surface area contributed by atoms with Crippen molar-refractivity contribution in [3.05, 3.63) is 42.5 Å². The average molecular weight is 234 g/mol. The maximum atomic E-state index is 10.9. The number of rotatable bonds is 3. The molecule has 4 heteroatoms. The van der Waals surface area contributed by atoms with Crippen LogP contribution in [0.25, 0.3) is 0 Å². The Morgan fingerprint density at radius 1 is 1.35 bits per heavy atom. The van der Waals surface area contributed by atoms with Crippen LogP contribution in [0.5, 0.6) is 5.75 Å². The zero-order valence-electron chi connectivity index (χ0n) is 9.54. The summed E-state index contributed by atoms with van der Waals surface area (Å²) in [5, 5.41) is 0. The van der Waals surface area contributed by atoms with Crippen molar-refractivity contribution >= 4 is 5.97 Å². The lowest BCUT2D eigenvalue weighted by Crippen LogP contribution is -2.38. The molecule has 17 heavy (non-hydrogen) atoms. The molecule has 0 aromatic heterocycles. The van der Waals surface area contributed by atoms with Gasteiger partial charge >= 0.3 is 5.97 Å². The summed E-state index contributed by atoms with van der Waals surface area (Å²) in [6.45, 7) is 1.82. The van der Waals surface area contributed by atoms with Gasteiger partial charge in [-0.1, -0.05) is 24.3 Å². The number of para-hydroxylation sites is 1. The smallest absolute Gasteiger partial charge is 0.303 e. The number of hydrogen-bond donors (Lipinski definition) is 0. The van der Waals surface area contributed by atoms with E-state index in [1.165, 1.54) is 6.92 Å². The van der Waals surface area contributed by atoms with Gasteiger partial charge in [0, 0.05) is 6.92 Å². The average Bonchev–Trinajstić information content (AvgIpc) is 2.32. The molecule has 0 radical (unpaired) electrons. The predicted molar refractivity (Wildman–Crippen MR) is 61.5 cm³/mol. The first kappa shape index (κ1) is 11.7. The van der Waals surface area contributed by atoms with E-state index in [0.717, 1.165) is 0 Å². The zero-order valence-corrected chi connectivity index (χ0v) is 9.54. The predicted octanol–water partition coefficient (Wildman–Crippen LogP) is 1.91. The highest BCUT2D eigenvalue weighted by Crippen LogP contribution is 2.18. The molecule has 0 spiro atoms. The maximum absolute atomic E-state index is 10.9. The van der Waals surface area contributed by atoms with Gasteiger partial charge in [-0.3, -0.25) is 4.79 Å². The van der Waals surface area contributed by atoms with Crippen LogP contribution in [0, 0.1) is 0 Å². The van der Waals surface area contributed by atoms with Crippen molar-refractivity contribution in [2.75, 3.05) is 6.61 Å². The fourth-order valence-electron chi connectivity index (χ4n) is 1.55. The number of hydrogen-bond acceptors (Lipinski definition) is 4. The van der Waals surface area contributed by atoms with Crippen LogP contribution in [0.3, 0.4) is 0 Å². The largest absolute Gasteiger partial charge is 0.460 e. The van der Waals surface area contributed by atoms with Crippen LogP contribution in [0.2, 0.25) is 0 Å². The van der Waals surface area contributed by atoms with Gasteiger partial charge in [-0.25, -0.2) is 0 Å². The number of carbonyl (C=O) groups is 1. The molecule has 1 aromatic carbocycles. The summed E-state index contributed by atoms with van der Waals surface area (Å²) in [5.74, 6) is 0.330. The molecule has 1 aromatic rings. The molecule has 0 aliphatic carbocycles. The zero-order chi connectivity index (χ0) is 12.1. The molecule has 0 amide bonds. The van der Waals surface area contributed by atoms with E-state index in [1.807, 2.05) is 30.3 Å². The minimum Gasteiger partial charge on any atom is -0.460 e. The molecule has 2 rings (SSSR count). The van der Waals surface area contributed by atoms with Gasteiger partial charge in [0.25, 0.3) is 0 Å². The Morgan fingerprint density at radius 2 is 2.12 bits per heavy atom. The quantitative estimate of drug-likeness (QED) is 0.592. The number of carbonyl (C=O) groups excluding carboxylic acids is 1. The monoisotopic (exact) mass is 234 g/mol. The molecule has 90 valence electrons. The second-order valence-corrected chi connectivity index (χ2v) is 3.63. The topological polar surface area (TPSA) is 44.8 Å². The lowest BCUT2D eigenvalue weighted by atomic mass is 10.2. The van der Waals surface area contributed by atoms with Gasteiger partial charge in [-0.2, -0.15) is 0 Å². The van der Waals surface area contributed by atoms with E-state index >= 15 is 0 Å². The van der Waals surface area contributed by atoms with Crippen LogP contribution in [0.1, 0.15) is 6.92 Å². The van der Waals surface area contributed by atoms with Gasteiger partial charge in [0.05, 0.1) is 6.61 Å².